The number of unbranched alkanes of at least 4 members (excludes halogenated alkanes) is 12. The predicted molar refractivity (Wildman–Crippen MR) is 242 cm³/mol. The molecule has 8 heteroatoms. The zero-order valence-electron chi connectivity index (χ0n) is 36.9. The van der Waals surface area contributed by atoms with Crippen LogP contribution in [0.25, 0.3) is 0 Å². The molecule has 0 radical (unpaired) electrons. The summed E-state index contributed by atoms with van der Waals surface area (Å²) >= 11 is 0. The van der Waals surface area contributed by atoms with Crippen LogP contribution in [0.4, 0.5) is 0 Å². The van der Waals surface area contributed by atoms with Gasteiger partial charge in [-0.25, -0.2) is 0 Å². The summed E-state index contributed by atoms with van der Waals surface area (Å²) in [5.41, 5.74) is 7.75. The van der Waals surface area contributed by atoms with Crippen molar-refractivity contribution in [3.8, 4) is 46.0 Å². The molecule has 0 saturated heterocycles. The lowest BCUT2D eigenvalue weighted by Gasteiger charge is -2.26. The van der Waals surface area contributed by atoms with Crippen molar-refractivity contribution >= 4 is 0 Å². The Morgan fingerprint density at radius 1 is 0.267 bits per heavy atom. The van der Waals surface area contributed by atoms with E-state index in [4.69, 9.17) is 0 Å². The Morgan fingerprint density at radius 3 is 0.583 bits per heavy atom. The lowest BCUT2D eigenvalue weighted by Crippen LogP contribution is -2.12. The molecule has 0 aromatic heterocycles. The molecule has 5 rings (SSSR count). The molecule has 8 bridgehead atoms. The summed E-state index contributed by atoms with van der Waals surface area (Å²) in [5, 5.41) is 94.1. The summed E-state index contributed by atoms with van der Waals surface area (Å²) < 4.78 is 0. The van der Waals surface area contributed by atoms with Crippen LogP contribution in [0.5, 0.6) is 46.0 Å². The fourth-order valence-corrected chi connectivity index (χ4v) is 9.59. The van der Waals surface area contributed by atoms with E-state index in [-0.39, 0.29) is 71.7 Å². The quantitative estimate of drug-likeness (QED) is 0.0360. The van der Waals surface area contributed by atoms with Gasteiger partial charge in [0.15, 0.2) is 0 Å². The number of rotatable bonds is 20. The summed E-state index contributed by atoms with van der Waals surface area (Å²) in [5.74, 6) is -0.671. The predicted octanol–water partition coefficient (Wildman–Crippen LogP) is 12.5. The lowest BCUT2D eigenvalue weighted by atomic mass is 9.80. The van der Waals surface area contributed by atoms with Crippen LogP contribution in [-0.2, 0) is 51.4 Å². The van der Waals surface area contributed by atoms with E-state index < -0.39 is 0 Å². The van der Waals surface area contributed by atoms with Crippen LogP contribution in [0.3, 0.4) is 0 Å². The molecule has 4 aromatic carbocycles. The lowest BCUT2D eigenvalue weighted by molar-refractivity contribution is 0.433. The molecule has 0 amide bonds. The summed E-state index contributed by atoms with van der Waals surface area (Å²) in [7, 11) is 0. The minimum atomic E-state index is -0.0839. The Labute approximate surface area is 358 Å². The molecule has 0 fully saturated rings. The van der Waals surface area contributed by atoms with E-state index in [0.717, 1.165) is 125 Å². The van der Waals surface area contributed by atoms with Crippen LogP contribution in [-0.4, -0.2) is 40.9 Å². The van der Waals surface area contributed by atoms with Crippen molar-refractivity contribution in [3.63, 3.8) is 0 Å². The van der Waals surface area contributed by atoms with Crippen molar-refractivity contribution in [2.45, 2.75) is 182 Å². The maximum absolute atomic E-state index is 11.8. The van der Waals surface area contributed by atoms with E-state index in [9.17, 15) is 40.9 Å². The van der Waals surface area contributed by atoms with Crippen LogP contribution in [0, 0.1) is 0 Å². The normalized spacial score (nSPS) is 12.6. The van der Waals surface area contributed by atoms with E-state index in [1.807, 2.05) is 0 Å². The highest BCUT2D eigenvalue weighted by Crippen LogP contribution is 2.46. The second-order valence-electron chi connectivity index (χ2n) is 17.4. The minimum Gasteiger partial charge on any atom is -0.508 e. The maximum atomic E-state index is 11.8. The molecule has 8 nitrogen and oxygen atoms in total. The molecule has 0 unspecified atom stereocenters. The van der Waals surface area contributed by atoms with Gasteiger partial charge < -0.3 is 40.9 Å². The Hall–Kier alpha value is -4.72. The average molecular weight is 825 g/mol. The fraction of sp³-hybridized carbons (Fsp3) is 0.538. The summed E-state index contributed by atoms with van der Waals surface area (Å²) in [4.78, 5) is 0. The highest BCUT2D eigenvalue weighted by molar-refractivity contribution is 5.64. The van der Waals surface area contributed by atoms with Crippen molar-refractivity contribution in [2.24, 2.45) is 0 Å². The van der Waals surface area contributed by atoms with Gasteiger partial charge in [-0.05, 0) is 73.6 Å². The first-order valence-electron chi connectivity index (χ1n) is 23.2. The van der Waals surface area contributed by atoms with Gasteiger partial charge >= 0.3 is 0 Å². The molecule has 4 aromatic rings. The summed E-state index contributed by atoms with van der Waals surface area (Å²) in [6, 6.07) is 5.47. The fourth-order valence-electron chi connectivity index (χ4n) is 9.59. The van der Waals surface area contributed by atoms with Crippen LogP contribution in [0.2, 0.25) is 0 Å². The summed E-state index contributed by atoms with van der Waals surface area (Å²) in [6.07, 6.45) is 18.0. The van der Waals surface area contributed by atoms with Crippen molar-refractivity contribution < 1.29 is 40.9 Å². The number of hydrogen-bond acceptors (Lipinski definition) is 8. The number of aromatic hydroxyl groups is 8. The first kappa shape index (κ1) is 46.3. The van der Waals surface area contributed by atoms with E-state index in [1.165, 1.54) is 24.3 Å². The first-order valence-corrected chi connectivity index (χ1v) is 23.2. The zero-order chi connectivity index (χ0) is 43.3. The smallest absolute Gasteiger partial charge is 0.123 e. The highest BCUT2D eigenvalue weighted by Gasteiger charge is 2.29. The number of hydrogen-bond donors (Lipinski definition) is 8. The van der Waals surface area contributed by atoms with Gasteiger partial charge in [0.25, 0.3) is 0 Å². The van der Waals surface area contributed by atoms with E-state index >= 15 is 0 Å². The van der Waals surface area contributed by atoms with E-state index in [0.29, 0.717) is 70.2 Å². The molecule has 328 valence electrons. The average Bonchev–Trinajstić information content (AvgIpc) is 3.20. The van der Waals surface area contributed by atoms with Gasteiger partial charge in [-0.15, -0.1) is 0 Å². The third-order valence-electron chi connectivity index (χ3n) is 13.0. The molecule has 8 N–H and O–H groups in total. The summed E-state index contributed by atoms with van der Waals surface area (Å²) in [6.45, 7) is 8.60. The number of benzene rings is 4. The second kappa shape index (κ2) is 22.2. The van der Waals surface area contributed by atoms with Gasteiger partial charge in [0.1, 0.15) is 46.0 Å². The Balaban J connectivity index is 1.89. The van der Waals surface area contributed by atoms with Crippen molar-refractivity contribution in [3.05, 3.63) is 91.0 Å². The molecule has 0 atom stereocenters. The van der Waals surface area contributed by atoms with Crippen LogP contribution in [0.15, 0.2) is 24.3 Å². The second-order valence-corrected chi connectivity index (χ2v) is 17.4. The monoisotopic (exact) mass is 825 g/mol. The molecule has 0 heterocycles. The molecule has 60 heavy (non-hydrogen) atoms. The van der Waals surface area contributed by atoms with Crippen molar-refractivity contribution in [1.29, 1.82) is 0 Å². The first-order chi connectivity index (χ1) is 28.9. The molecular weight excluding hydrogens is 753 g/mol. The van der Waals surface area contributed by atoms with E-state index in [2.05, 4.69) is 27.7 Å². The Kier molecular flexibility index (Phi) is 17.2. The van der Waals surface area contributed by atoms with Gasteiger partial charge in [-0.2, -0.15) is 0 Å². The molecule has 1 aliphatic rings. The van der Waals surface area contributed by atoms with Gasteiger partial charge in [0, 0.05) is 94.5 Å². The third kappa shape index (κ3) is 11.0. The number of fused-ring (bicyclic) bond motifs is 8. The number of phenols is 8. The van der Waals surface area contributed by atoms with Gasteiger partial charge in [-0.1, -0.05) is 105 Å². The largest absolute Gasteiger partial charge is 0.508 e. The molecule has 0 saturated carbocycles. The standard InChI is InChI=1S/C52H72O8/c1-5-9-13-17-21-33-37-25-39-34(22-18-14-10-6-2)41(49(57)30-47(39)55)27-43-36(24-20-16-12-8-4)44(52(60)32-51(43)59)28-42-35(23-19-15-11-7-3)40(48(56)31-50(42)58)26-38(33)46(54)29-45(37)53/h29-32,53-60H,5-28H2,1-4H3. The minimum absolute atomic E-state index is 0.0839. The van der Waals surface area contributed by atoms with Crippen LogP contribution >= 0.6 is 0 Å². The van der Waals surface area contributed by atoms with Crippen LogP contribution in [0.1, 0.15) is 197 Å². The van der Waals surface area contributed by atoms with Gasteiger partial charge in [-0.3, -0.25) is 0 Å². The molecule has 0 spiro atoms. The van der Waals surface area contributed by atoms with E-state index in [1.54, 1.807) is 0 Å². The Bertz CT molecular complexity index is 1670. The van der Waals surface area contributed by atoms with Crippen molar-refractivity contribution in [1.82, 2.24) is 0 Å². The Morgan fingerprint density at radius 2 is 0.433 bits per heavy atom. The highest BCUT2D eigenvalue weighted by atomic mass is 16.3. The van der Waals surface area contributed by atoms with Gasteiger partial charge in [0.05, 0.1) is 0 Å². The number of phenolic OH excluding ortho intramolecular Hbond substituents is 8. The van der Waals surface area contributed by atoms with Crippen LogP contribution < -0.4 is 0 Å². The molecular formula is C52H72O8. The third-order valence-corrected chi connectivity index (χ3v) is 13.0. The topological polar surface area (TPSA) is 162 Å². The zero-order valence-corrected chi connectivity index (χ0v) is 36.9. The maximum Gasteiger partial charge on any atom is 0.123 e. The SMILES string of the molecule is CCCCCCc1c2c(O)cc(O)c1Cc1c(O)cc(O)c(c1CCCCCC)Cc1c(O)cc(O)c(c1CCCCCC)Cc1c(O)cc(O)c(c1CCCCCC)C2. The molecule has 1 aliphatic carbocycles. The van der Waals surface area contributed by atoms with Gasteiger partial charge in [0.2, 0.25) is 0 Å². The molecule has 0 aliphatic heterocycles. The van der Waals surface area contributed by atoms with Crippen molar-refractivity contribution in [2.75, 3.05) is 0 Å².